The van der Waals surface area contributed by atoms with Crippen molar-refractivity contribution in [1.29, 1.82) is 0 Å². The summed E-state index contributed by atoms with van der Waals surface area (Å²) < 4.78 is 0. The topological polar surface area (TPSA) is 88.7 Å². The van der Waals surface area contributed by atoms with Gasteiger partial charge in [-0.15, -0.1) is 0 Å². The van der Waals surface area contributed by atoms with Gasteiger partial charge in [-0.3, -0.25) is 14.9 Å². The molecule has 0 heterocycles. The first-order valence-electron chi connectivity index (χ1n) is 8.97. The van der Waals surface area contributed by atoms with Gasteiger partial charge in [-0.25, -0.2) is 0 Å². The monoisotopic (exact) mass is 371 g/mol. The first-order chi connectivity index (χ1) is 12.8. The summed E-state index contributed by atoms with van der Waals surface area (Å²) in [5.41, 5.74) is 4.59. The molecule has 0 bridgehead atoms. The summed E-state index contributed by atoms with van der Waals surface area (Å²) in [5.74, 6) is 0.00256. The summed E-state index contributed by atoms with van der Waals surface area (Å²) in [6, 6.07) is 12.6. The van der Waals surface area contributed by atoms with Crippen molar-refractivity contribution < 1.29 is 14.6 Å². The molecule has 2 aromatic rings. The summed E-state index contributed by atoms with van der Waals surface area (Å²) >= 11 is 0. The van der Waals surface area contributed by atoms with Gasteiger partial charge in [-0.1, -0.05) is 23.8 Å². The number of carbonyl (C=O) groups excluding carboxylic acids is 1. The largest absolute Gasteiger partial charge is 0.383 e. The molecule has 0 radical (unpaired) electrons. The minimum atomic E-state index is -0.430. The molecule has 1 amide bonds. The van der Waals surface area contributed by atoms with Gasteiger partial charge >= 0.3 is 0 Å². The molecule has 0 aromatic heterocycles. The number of non-ortho nitro benzene ring substituents is 1. The normalized spacial score (nSPS) is 11.7. The van der Waals surface area contributed by atoms with Crippen LogP contribution in [0.4, 0.5) is 11.4 Å². The number of likely N-dealkylation sites (N-methyl/N-ethyl adjacent to an activating group) is 1. The van der Waals surface area contributed by atoms with Gasteiger partial charge in [0.1, 0.15) is 6.54 Å². The molecule has 0 saturated heterocycles. The van der Waals surface area contributed by atoms with Gasteiger partial charge in [0.25, 0.3) is 11.6 Å². The fraction of sp³-hybridized carbons (Fsp3) is 0.350. The fourth-order valence-electron chi connectivity index (χ4n) is 2.88. The molecule has 1 unspecified atom stereocenters. The average Bonchev–Trinajstić information content (AvgIpc) is 2.61. The number of nitrogens with one attached hydrogen (secondary N) is 3. The SMILES string of the molecule is Cc1ccc(C[NH+](C)CC(=O)NCCNc2ccc([N+](=O)[O-])cc2)c(C)c1. The molecule has 2 rings (SSSR count). The van der Waals surface area contributed by atoms with Crippen molar-refractivity contribution in [2.75, 3.05) is 32.0 Å². The van der Waals surface area contributed by atoms with Crippen molar-refractivity contribution in [1.82, 2.24) is 5.32 Å². The Morgan fingerprint density at radius 3 is 2.44 bits per heavy atom. The van der Waals surface area contributed by atoms with Gasteiger partial charge in [0, 0.05) is 36.5 Å². The van der Waals surface area contributed by atoms with E-state index in [1.54, 1.807) is 12.1 Å². The minimum Gasteiger partial charge on any atom is -0.383 e. The van der Waals surface area contributed by atoms with Crippen LogP contribution in [0.2, 0.25) is 0 Å². The number of anilines is 1. The number of hydrogen-bond donors (Lipinski definition) is 3. The number of quaternary nitrogens is 1. The Labute approximate surface area is 159 Å². The molecule has 27 heavy (non-hydrogen) atoms. The Bertz CT molecular complexity index is 790. The highest BCUT2D eigenvalue weighted by atomic mass is 16.6. The number of nitro benzene ring substituents is 1. The van der Waals surface area contributed by atoms with E-state index in [1.807, 2.05) is 7.05 Å². The lowest BCUT2D eigenvalue weighted by atomic mass is 10.1. The predicted molar refractivity (Wildman–Crippen MR) is 106 cm³/mol. The number of aryl methyl sites for hydroxylation is 2. The lowest BCUT2D eigenvalue weighted by Gasteiger charge is -2.16. The van der Waals surface area contributed by atoms with E-state index in [9.17, 15) is 14.9 Å². The summed E-state index contributed by atoms with van der Waals surface area (Å²) in [7, 11) is 2.01. The number of amides is 1. The molecule has 0 fully saturated rings. The van der Waals surface area contributed by atoms with E-state index in [0.29, 0.717) is 19.6 Å². The molecule has 0 aliphatic heterocycles. The smallest absolute Gasteiger partial charge is 0.275 e. The predicted octanol–water partition coefficient (Wildman–Crippen LogP) is 1.45. The van der Waals surface area contributed by atoms with Crippen LogP contribution in [0.1, 0.15) is 16.7 Å². The Morgan fingerprint density at radius 1 is 1.11 bits per heavy atom. The molecule has 7 nitrogen and oxygen atoms in total. The molecule has 0 aliphatic rings. The van der Waals surface area contributed by atoms with E-state index in [2.05, 4.69) is 42.7 Å². The van der Waals surface area contributed by atoms with E-state index in [-0.39, 0.29) is 11.6 Å². The summed E-state index contributed by atoms with van der Waals surface area (Å²) in [6.07, 6.45) is 0. The minimum absolute atomic E-state index is 0.00256. The first-order valence-corrected chi connectivity index (χ1v) is 8.97. The summed E-state index contributed by atoms with van der Waals surface area (Å²) in [4.78, 5) is 23.4. The molecular weight excluding hydrogens is 344 g/mol. The van der Waals surface area contributed by atoms with Crippen LogP contribution >= 0.6 is 0 Å². The molecule has 2 aromatic carbocycles. The van der Waals surface area contributed by atoms with E-state index >= 15 is 0 Å². The van der Waals surface area contributed by atoms with Gasteiger partial charge in [-0.2, -0.15) is 0 Å². The maximum Gasteiger partial charge on any atom is 0.275 e. The molecular formula is C20H27N4O3+. The van der Waals surface area contributed by atoms with Gasteiger partial charge < -0.3 is 15.5 Å². The third-order valence-electron chi connectivity index (χ3n) is 4.31. The highest BCUT2D eigenvalue weighted by Gasteiger charge is 2.11. The number of hydrogen-bond acceptors (Lipinski definition) is 4. The van der Waals surface area contributed by atoms with Crippen molar-refractivity contribution in [2.24, 2.45) is 0 Å². The Kier molecular flexibility index (Phi) is 7.31. The van der Waals surface area contributed by atoms with Gasteiger partial charge in [0.2, 0.25) is 0 Å². The quantitative estimate of drug-likeness (QED) is 0.354. The number of rotatable bonds is 9. The zero-order chi connectivity index (χ0) is 19.8. The van der Waals surface area contributed by atoms with Crippen molar-refractivity contribution in [3.8, 4) is 0 Å². The highest BCUT2D eigenvalue weighted by molar-refractivity contribution is 5.76. The van der Waals surface area contributed by atoms with Crippen molar-refractivity contribution in [2.45, 2.75) is 20.4 Å². The van der Waals surface area contributed by atoms with Crippen molar-refractivity contribution in [3.63, 3.8) is 0 Å². The number of nitro groups is 1. The standard InChI is InChI=1S/C20H26N4O3/c1-15-4-5-17(16(2)12-15)13-23(3)14-20(25)22-11-10-21-18-6-8-19(9-7-18)24(26)27/h4-9,12,21H,10-11,13-14H2,1-3H3,(H,22,25)/p+1. The highest BCUT2D eigenvalue weighted by Crippen LogP contribution is 2.14. The van der Waals surface area contributed by atoms with Crippen LogP contribution in [0.3, 0.4) is 0 Å². The van der Waals surface area contributed by atoms with E-state index in [1.165, 1.54) is 28.8 Å². The van der Waals surface area contributed by atoms with Crippen LogP contribution in [-0.4, -0.2) is 37.5 Å². The van der Waals surface area contributed by atoms with E-state index < -0.39 is 4.92 Å². The molecule has 0 aliphatic carbocycles. The van der Waals surface area contributed by atoms with Crippen LogP contribution in [-0.2, 0) is 11.3 Å². The Balaban J connectivity index is 1.68. The molecule has 3 N–H and O–H groups in total. The van der Waals surface area contributed by atoms with Gasteiger partial charge in [0.15, 0.2) is 6.54 Å². The van der Waals surface area contributed by atoms with Crippen molar-refractivity contribution in [3.05, 3.63) is 69.3 Å². The number of nitrogens with zero attached hydrogens (tertiary/aromatic N) is 1. The summed E-state index contributed by atoms with van der Waals surface area (Å²) in [5, 5.41) is 16.6. The zero-order valence-corrected chi connectivity index (χ0v) is 16.0. The fourth-order valence-corrected chi connectivity index (χ4v) is 2.88. The first kappa shape index (κ1) is 20.4. The van der Waals surface area contributed by atoms with Gasteiger partial charge in [-0.05, 0) is 31.5 Å². The Morgan fingerprint density at radius 2 is 1.81 bits per heavy atom. The van der Waals surface area contributed by atoms with E-state index in [0.717, 1.165) is 17.1 Å². The third kappa shape index (κ3) is 6.71. The summed E-state index contributed by atoms with van der Waals surface area (Å²) in [6.45, 7) is 6.43. The lowest BCUT2D eigenvalue weighted by molar-refractivity contribution is -0.885. The Hall–Kier alpha value is -2.93. The maximum absolute atomic E-state index is 12.1. The third-order valence-corrected chi connectivity index (χ3v) is 4.31. The molecule has 1 atom stereocenters. The second-order valence-corrected chi connectivity index (χ2v) is 6.82. The van der Waals surface area contributed by atoms with Crippen LogP contribution in [0.5, 0.6) is 0 Å². The van der Waals surface area contributed by atoms with Crippen LogP contribution in [0.25, 0.3) is 0 Å². The molecule has 0 saturated carbocycles. The lowest BCUT2D eigenvalue weighted by Crippen LogP contribution is -3.09. The van der Waals surface area contributed by atoms with E-state index in [4.69, 9.17) is 0 Å². The number of carbonyl (C=O) groups is 1. The molecule has 144 valence electrons. The second kappa shape index (κ2) is 9.68. The second-order valence-electron chi connectivity index (χ2n) is 6.82. The van der Waals surface area contributed by atoms with Crippen LogP contribution in [0.15, 0.2) is 42.5 Å². The molecule has 0 spiro atoms. The van der Waals surface area contributed by atoms with Crippen LogP contribution < -0.4 is 15.5 Å². The average molecular weight is 371 g/mol. The number of benzene rings is 2. The maximum atomic E-state index is 12.1. The zero-order valence-electron chi connectivity index (χ0n) is 16.0. The van der Waals surface area contributed by atoms with Gasteiger partial charge in [0.05, 0.1) is 12.0 Å². The van der Waals surface area contributed by atoms with Crippen molar-refractivity contribution >= 4 is 17.3 Å². The van der Waals surface area contributed by atoms with Crippen LogP contribution in [0, 0.1) is 24.0 Å². The molecule has 7 heteroatoms.